The molecule has 3 rings (SSSR count). The Labute approximate surface area is 169 Å². The average Bonchev–Trinajstić information content (AvgIpc) is 3.28. The molecular weight excluding hydrogens is 374 g/mol. The molecular formula is C21H25N3O5. The van der Waals surface area contributed by atoms with E-state index < -0.39 is 11.8 Å². The fourth-order valence-electron chi connectivity index (χ4n) is 3.26. The summed E-state index contributed by atoms with van der Waals surface area (Å²) in [5.74, 6) is -0.729. The van der Waals surface area contributed by atoms with Crippen molar-refractivity contribution in [3.05, 3.63) is 48.4 Å². The van der Waals surface area contributed by atoms with Crippen molar-refractivity contribution in [1.29, 1.82) is 0 Å². The second-order valence-corrected chi connectivity index (χ2v) is 6.84. The highest BCUT2D eigenvalue weighted by Crippen LogP contribution is 2.23. The zero-order valence-electron chi connectivity index (χ0n) is 16.3. The summed E-state index contributed by atoms with van der Waals surface area (Å²) in [5.41, 5.74) is 1.00. The van der Waals surface area contributed by atoms with Crippen molar-refractivity contribution in [2.45, 2.75) is 19.8 Å². The maximum Gasteiger partial charge on any atom is 0.313 e. The van der Waals surface area contributed by atoms with E-state index in [-0.39, 0.29) is 11.8 Å². The van der Waals surface area contributed by atoms with Crippen LogP contribution in [-0.4, -0.2) is 48.9 Å². The van der Waals surface area contributed by atoms with Crippen LogP contribution in [0.4, 0.5) is 5.69 Å². The monoisotopic (exact) mass is 399 g/mol. The Morgan fingerprint density at radius 3 is 2.59 bits per heavy atom. The van der Waals surface area contributed by atoms with Crippen LogP contribution in [0.2, 0.25) is 0 Å². The standard InChI is InChI=1S/C21H25N3O5/c1-2-29-18-6-4-3-5-17(18)23-20(26)19(25)22-13-15-7-10-24(11-8-15)21(27)16-9-12-28-14-16/h3-6,9,12,14-15H,2,7-8,10-11,13H2,1H3,(H,22,25)(H,23,26). The Hall–Kier alpha value is -3.29. The highest BCUT2D eigenvalue weighted by molar-refractivity contribution is 6.39. The number of anilines is 1. The second-order valence-electron chi connectivity index (χ2n) is 6.84. The van der Waals surface area contributed by atoms with Gasteiger partial charge in [-0.1, -0.05) is 12.1 Å². The fourth-order valence-corrected chi connectivity index (χ4v) is 3.26. The molecule has 1 fully saturated rings. The SMILES string of the molecule is CCOc1ccccc1NC(=O)C(=O)NCC1CCN(C(=O)c2ccoc2)CC1. The van der Waals surface area contributed by atoms with E-state index in [1.54, 1.807) is 35.2 Å². The van der Waals surface area contributed by atoms with Crippen LogP contribution in [0.25, 0.3) is 0 Å². The first-order valence-electron chi connectivity index (χ1n) is 9.71. The molecule has 154 valence electrons. The minimum Gasteiger partial charge on any atom is -0.492 e. The van der Waals surface area contributed by atoms with Crippen molar-refractivity contribution < 1.29 is 23.5 Å². The molecule has 0 saturated carbocycles. The van der Waals surface area contributed by atoms with Crippen molar-refractivity contribution in [3.8, 4) is 5.75 Å². The largest absolute Gasteiger partial charge is 0.492 e. The quantitative estimate of drug-likeness (QED) is 0.726. The zero-order valence-corrected chi connectivity index (χ0v) is 16.3. The first-order chi connectivity index (χ1) is 14.1. The van der Waals surface area contributed by atoms with Crippen LogP contribution in [0, 0.1) is 5.92 Å². The third-order valence-electron chi connectivity index (χ3n) is 4.86. The molecule has 0 spiro atoms. The predicted molar refractivity (Wildman–Crippen MR) is 107 cm³/mol. The molecule has 8 heteroatoms. The van der Waals surface area contributed by atoms with E-state index in [9.17, 15) is 14.4 Å². The molecule has 2 heterocycles. The Balaban J connectivity index is 1.43. The minimum atomic E-state index is -0.732. The van der Waals surface area contributed by atoms with Gasteiger partial charge in [-0.25, -0.2) is 0 Å². The van der Waals surface area contributed by atoms with E-state index in [2.05, 4.69) is 10.6 Å². The number of piperidine rings is 1. The molecule has 2 N–H and O–H groups in total. The molecule has 0 unspecified atom stereocenters. The molecule has 2 aromatic rings. The molecule has 0 atom stereocenters. The van der Waals surface area contributed by atoms with E-state index in [1.807, 2.05) is 6.92 Å². The molecule has 0 bridgehead atoms. The molecule has 29 heavy (non-hydrogen) atoms. The van der Waals surface area contributed by atoms with E-state index in [0.717, 1.165) is 12.8 Å². The van der Waals surface area contributed by atoms with Crippen molar-refractivity contribution in [2.75, 3.05) is 31.6 Å². The summed E-state index contributed by atoms with van der Waals surface area (Å²) >= 11 is 0. The minimum absolute atomic E-state index is 0.0476. The summed E-state index contributed by atoms with van der Waals surface area (Å²) in [6.45, 7) is 3.92. The van der Waals surface area contributed by atoms with Crippen LogP contribution in [0.1, 0.15) is 30.1 Å². The van der Waals surface area contributed by atoms with Gasteiger partial charge in [-0.15, -0.1) is 0 Å². The molecule has 1 saturated heterocycles. The van der Waals surface area contributed by atoms with Gasteiger partial charge in [0, 0.05) is 19.6 Å². The number of nitrogens with zero attached hydrogens (tertiary/aromatic N) is 1. The lowest BCUT2D eigenvalue weighted by atomic mass is 9.96. The van der Waals surface area contributed by atoms with E-state index in [0.29, 0.717) is 43.2 Å². The van der Waals surface area contributed by atoms with Gasteiger partial charge in [0.1, 0.15) is 12.0 Å². The molecule has 1 aromatic heterocycles. The van der Waals surface area contributed by atoms with Crippen molar-refractivity contribution in [3.63, 3.8) is 0 Å². The smallest absolute Gasteiger partial charge is 0.313 e. The number of hydrogen-bond donors (Lipinski definition) is 2. The van der Waals surface area contributed by atoms with Crippen LogP contribution >= 0.6 is 0 Å². The number of amides is 3. The van der Waals surface area contributed by atoms with Crippen LogP contribution in [0.5, 0.6) is 5.75 Å². The highest BCUT2D eigenvalue weighted by Gasteiger charge is 2.25. The van der Waals surface area contributed by atoms with Crippen LogP contribution < -0.4 is 15.4 Å². The topological polar surface area (TPSA) is 101 Å². The number of carbonyl (C=O) groups is 3. The van der Waals surface area contributed by atoms with Gasteiger partial charge in [-0.2, -0.15) is 0 Å². The molecule has 0 radical (unpaired) electrons. The molecule has 8 nitrogen and oxygen atoms in total. The van der Waals surface area contributed by atoms with E-state index in [1.165, 1.54) is 12.5 Å². The number of likely N-dealkylation sites (tertiary alicyclic amines) is 1. The molecule has 1 aliphatic heterocycles. The number of para-hydroxylation sites is 2. The van der Waals surface area contributed by atoms with Gasteiger partial charge < -0.3 is 24.7 Å². The fraction of sp³-hybridized carbons (Fsp3) is 0.381. The summed E-state index contributed by atoms with van der Waals surface area (Å²) in [5, 5.41) is 5.27. The predicted octanol–water partition coefficient (Wildman–Crippen LogP) is 2.29. The molecule has 1 aromatic carbocycles. The zero-order chi connectivity index (χ0) is 20.6. The highest BCUT2D eigenvalue weighted by atomic mass is 16.5. The molecule has 1 aliphatic rings. The second kappa shape index (κ2) is 9.77. The van der Waals surface area contributed by atoms with Gasteiger partial charge in [0.15, 0.2) is 0 Å². The van der Waals surface area contributed by atoms with Gasteiger partial charge in [-0.05, 0) is 43.9 Å². The number of ether oxygens (including phenoxy) is 1. The van der Waals surface area contributed by atoms with Gasteiger partial charge in [0.05, 0.1) is 24.1 Å². The van der Waals surface area contributed by atoms with Crippen LogP contribution in [0.15, 0.2) is 47.3 Å². The van der Waals surface area contributed by atoms with Crippen molar-refractivity contribution in [1.82, 2.24) is 10.2 Å². The van der Waals surface area contributed by atoms with Crippen molar-refractivity contribution in [2.24, 2.45) is 5.92 Å². The maximum atomic E-state index is 12.3. The third kappa shape index (κ3) is 5.37. The van der Waals surface area contributed by atoms with E-state index >= 15 is 0 Å². The summed E-state index contributed by atoms with van der Waals surface area (Å²) < 4.78 is 10.4. The van der Waals surface area contributed by atoms with Gasteiger partial charge >= 0.3 is 11.8 Å². The summed E-state index contributed by atoms with van der Waals surface area (Å²) in [6, 6.07) is 8.62. The number of nitrogens with one attached hydrogen (secondary N) is 2. The lowest BCUT2D eigenvalue weighted by molar-refractivity contribution is -0.136. The van der Waals surface area contributed by atoms with E-state index in [4.69, 9.17) is 9.15 Å². The summed E-state index contributed by atoms with van der Waals surface area (Å²) in [6.07, 6.45) is 4.45. The Kier molecular flexibility index (Phi) is 6.89. The Morgan fingerprint density at radius 2 is 1.90 bits per heavy atom. The summed E-state index contributed by atoms with van der Waals surface area (Å²) in [7, 11) is 0. The third-order valence-corrected chi connectivity index (χ3v) is 4.86. The number of rotatable bonds is 6. The first kappa shape index (κ1) is 20.4. The Morgan fingerprint density at radius 1 is 1.14 bits per heavy atom. The molecule has 0 aliphatic carbocycles. The molecule has 3 amide bonds. The van der Waals surface area contributed by atoms with Gasteiger partial charge in [0.25, 0.3) is 5.91 Å². The van der Waals surface area contributed by atoms with Crippen LogP contribution in [-0.2, 0) is 9.59 Å². The lowest BCUT2D eigenvalue weighted by Gasteiger charge is -2.31. The number of hydrogen-bond acceptors (Lipinski definition) is 5. The summed E-state index contributed by atoms with van der Waals surface area (Å²) in [4.78, 5) is 38.4. The van der Waals surface area contributed by atoms with Gasteiger partial charge in [0.2, 0.25) is 0 Å². The maximum absolute atomic E-state index is 12.3. The van der Waals surface area contributed by atoms with Crippen molar-refractivity contribution >= 4 is 23.4 Å². The first-order valence-corrected chi connectivity index (χ1v) is 9.71. The number of carbonyl (C=O) groups excluding carboxylic acids is 3. The average molecular weight is 399 g/mol. The number of benzene rings is 1. The lowest BCUT2D eigenvalue weighted by Crippen LogP contribution is -2.43. The Bertz CT molecular complexity index is 842. The van der Waals surface area contributed by atoms with Crippen LogP contribution in [0.3, 0.4) is 0 Å². The number of furan rings is 1. The van der Waals surface area contributed by atoms with Gasteiger partial charge in [-0.3, -0.25) is 14.4 Å². The normalized spacial score (nSPS) is 14.3.